The van der Waals surface area contributed by atoms with Gasteiger partial charge in [-0.25, -0.2) is 0 Å². The molecule has 0 bridgehead atoms. The molecule has 2 aliphatic heterocycles. The first-order valence-electron chi connectivity index (χ1n) is 10.7. The van der Waals surface area contributed by atoms with E-state index >= 15 is 0 Å². The van der Waals surface area contributed by atoms with Crippen molar-refractivity contribution in [2.45, 2.75) is 45.8 Å². The minimum Gasteiger partial charge on any atom is -0.381 e. The van der Waals surface area contributed by atoms with Crippen LogP contribution in [0.5, 0.6) is 0 Å². The van der Waals surface area contributed by atoms with E-state index in [1.54, 1.807) is 0 Å². The highest BCUT2D eigenvalue weighted by molar-refractivity contribution is 5.94. The van der Waals surface area contributed by atoms with E-state index in [1.165, 1.54) is 11.3 Å². The molecular formula is C25H32ClN3O. The normalized spacial score (nSPS) is 26.4. The van der Waals surface area contributed by atoms with Crippen LogP contribution in [0.15, 0.2) is 65.3 Å². The van der Waals surface area contributed by atoms with Gasteiger partial charge in [-0.15, -0.1) is 12.4 Å². The van der Waals surface area contributed by atoms with Gasteiger partial charge in [-0.3, -0.25) is 9.79 Å². The third-order valence-corrected chi connectivity index (χ3v) is 6.32. The van der Waals surface area contributed by atoms with E-state index in [2.05, 4.69) is 80.5 Å². The molecule has 1 amide bonds. The number of aliphatic imine (C=N–C) groups is 1. The van der Waals surface area contributed by atoms with Crippen molar-refractivity contribution in [2.75, 3.05) is 6.54 Å². The van der Waals surface area contributed by atoms with Gasteiger partial charge in [-0.05, 0) is 57.4 Å². The lowest BCUT2D eigenvalue weighted by atomic mass is 9.69. The van der Waals surface area contributed by atoms with Crippen molar-refractivity contribution in [3.05, 3.63) is 71.5 Å². The number of carbonyl (C=O) groups is 1. The second kappa shape index (κ2) is 9.22. The predicted molar refractivity (Wildman–Crippen MR) is 126 cm³/mol. The first kappa shape index (κ1) is 22.4. The predicted octanol–water partition coefficient (Wildman–Crippen LogP) is 4.95. The van der Waals surface area contributed by atoms with Gasteiger partial charge < -0.3 is 10.2 Å². The van der Waals surface area contributed by atoms with E-state index in [-0.39, 0.29) is 36.4 Å². The number of benzene rings is 1. The summed E-state index contributed by atoms with van der Waals surface area (Å²) in [5.41, 5.74) is 3.25. The largest absolute Gasteiger partial charge is 0.381 e. The van der Waals surface area contributed by atoms with Crippen LogP contribution in [-0.4, -0.2) is 35.7 Å². The van der Waals surface area contributed by atoms with E-state index in [1.807, 2.05) is 23.2 Å². The van der Waals surface area contributed by atoms with Crippen molar-refractivity contribution >= 4 is 24.5 Å². The first-order chi connectivity index (χ1) is 14.0. The lowest BCUT2D eigenvalue weighted by Crippen LogP contribution is -2.45. The molecule has 0 spiro atoms. The van der Waals surface area contributed by atoms with Gasteiger partial charge in [0.2, 0.25) is 0 Å². The van der Waals surface area contributed by atoms with Gasteiger partial charge in [0, 0.05) is 47.9 Å². The summed E-state index contributed by atoms with van der Waals surface area (Å²) < 4.78 is 0. The topological polar surface area (TPSA) is 44.7 Å². The van der Waals surface area contributed by atoms with E-state index < -0.39 is 0 Å². The fourth-order valence-corrected chi connectivity index (χ4v) is 5.02. The molecular weight excluding hydrogens is 394 g/mol. The number of dihydropyridines is 1. The number of piperidine rings is 1. The number of rotatable bonds is 4. The van der Waals surface area contributed by atoms with Crippen molar-refractivity contribution < 1.29 is 4.79 Å². The molecule has 0 aromatic heterocycles. The molecule has 0 saturated carbocycles. The third kappa shape index (κ3) is 4.11. The molecule has 30 heavy (non-hydrogen) atoms. The average molecular weight is 426 g/mol. The quantitative estimate of drug-likeness (QED) is 0.741. The Kier molecular flexibility index (Phi) is 6.87. The molecule has 4 atom stereocenters. The molecule has 4 rings (SSSR count). The molecule has 1 aliphatic carbocycles. The van der Waals surface area contributed by atoms with Crippen molar-refractivity contribution in [1.29, 1.82) is 0 Å². The highest BCUT2D eigenvalue weighted by atomic mass is 35.5. The molecule has 4 nitrogen and oxygen atoms in total. The fraction of sp³-hybridized carbons (Fsp3) is 0.440. The summed E-state index contributed by atoms with van der Waals surface area (Å²) in [4.78, 5) is 19.4. The molecule has 1 N–H and O–H groups in total. The van der Waals surface area contributed by atoms with Crippen LogP contribution in [0.3, 0.4) is 0 Å². The molecule has 1 aromatic carbocycles. The fourth-order valence-electron chi connectivity index (χ4n) is 5.02. The second-order valence-electron chi connectivity index (χ2n) is 8.81. The van der Waals surface area contributed by atoms with Crippen LogP contribution in [0.1, 0.15) is 49.7 Å². The van der Waals surface area contributed by atoms with Crippen molar-refractivity contribution in [2.24, 2.45) is 22.7 Å². The van der Waals surface area contributed by atoms with Crippen LogP contribution in [-0.2, 0) is 0 Å². The number of fused-ring (bicyclic) bond motifs is 3. The Balaban J connectivity index is 0.00000256. The Bertz CT molecular complexity index is 874. The summed E-state index contributed by atoms with van der Waals surface area (Å²) in [6, 6.07) is 8.76. The maximum Gasteiger partial charge on any atom is 0.254 e. The Morgan fingerprint density at radius 3 is 2.30 bits per heavy atom. The summed E-state index contributed by atoms with van der Waals surface area (Å²) in [6.07, 6.45) is 13.0. The van der Waals surface area contributed by atoms with Crippen molar-refractivity contribution in [3.63, 3.8) is 0 Å². The first-order valence-corrected chi connectivity index (χ1v) is 10.7. The average Bonchev–Trinajstić information content (AvgIpc) is 2.73. The van der Waals surface area contributed by atoms with E-state index in [0.29, 0.717) is 17.8 Å². The highest BCUT2D eigenvalue weighted by Crippen LogP contribution is 2.44. The molecule has 160 valence electrons. The van der Waals surface area contributed by atoms with Crippen LogP contribution in [0.4, 0.5) is 0 Å². The van der Waals surface area contributed by atoms with Gasteiger partial charge in [-0.1, -0.05) is 36.4 Å². The standard InChI is InChI=1S/C25H31N3O.ClH/c1-16(2)28(17(3)4)25(29)19-11-9-18(10-12-19)24-21-8-6-5-7-20(21)22-15-26-14-13-23(22)27-24;/h5-14,16-17,20-22,24,27H,15H2,1-4H3;1H. The third-order valence-electron chi connectivity index (χ3n) is 6.32. The lowest BCUT2D eigenvalue weighted by molar-refractivity contribution is 0.0643. The van der Waals surface area contributed by atoms with Gasteiger partial charge in [0.15, 0.2) is 0 Å². The summed E-state index contributed by atoms with van der Waals surface area (Å²) in [7, 11) is 0. The zero-order valence-electron chi connectivity index (χ0n) is 18.2. The van der Waals surface area contributed by atoms with Crippen molar-refractivity contribution in [3.8, 4) is 0 Å². The molecule has 1 saturated heterocycles. The molecule has 2 heterocycles. The molecule has 3 aliphatic rings. The number of halogens is 1. The molecule has 1 aromatic rings. The smallest absolute Gasteiger partial charge is 0.254 e. The van der Waals surface area contributed by atoms with E-state index in [4.69, 9.17) is 0 Å². The molecule has 1 fully saturated rings. The van der Waals surface area contributed by atoms with Gasteiger partial charge in [0.25, 0.3) is 5.91 Å². The summed E-state index contributed by atoms with van der Waals surface area (Å²) >= 11 is 0. The number of nitrogens with one attached hydrogen (secondary N) is 1. The second-order valence-corrected chi connectivity index (χ2v) is 8.81. The summed E-state index contributed by atoms with van der Waals surface area (Å²) in [6.45, 7) is 9.12. The Labute approximate surface area is 186 Å². The van der Waals surface area contributed by atoms with Crippen LogP contribution in [0.2, 0.25) is 0 Å². The molecule has 0 radical (unpaired) electrons. The van der Waals surface area contributed by atoms with E-state index in [0.717, 1.165) is 12.1 Å². The highest BCUT2D eigenvalue weighted by Gasteiger charge is 2.41. The molecule has 5 heteroatoms. The maximum atomic E-state index is 13.0. The van der Waals surface area contributed by atoms with Gasteiger partial charge in [-0.2, -0.15) is 0 Å². The Hall–Kier alpha value is -2.33. The Morgan fingerprint density at radius 2 is 1.67 bits per heavy atom. The Morgan fingerprint density at radius 1 is 1.03 bits per heavy atom. The maximum absolute atomic E-state index is 13.0. The summed E-state index contributed by atoms with van der Waals surface area (Å²) in [5, 5.41) is 3.77. The molecule has 4 unspecified atom stereocenters. The minimum absolute atomic E-state index is 0. The number of hydrogen-bond acceptors (Lipinski definition) is 3. The number of nitrogens with zero attached hydrogens (tertiary/aromatic N) is 2. The van der Waals surface area contributed by atoms with Gasteiger partial charge >= 0.3 is 0 Å². The SMILES string of the molecule is CC(C)N(C(=O)c1ccc(C2NC3=CC=NCC3C3C=CC=CC23)cc1)C(C)C.Cl. The van der Waals surface area contributed by atoms with Crippen LogP contribution >= 0.6 is 12.4 Å². The van der Waals surface area contributed by atoms with Crippen molar-refractivity contribution in [1.82, 2.24) is 10.2 Å². The van der Waals surface area contributed by atoms with E-state index in [9.17, 15) is 4.79 Å². The minimum atomic E-state index is 0. The monoisotopic (exact) mass is 425 g/mol. The zero-order chi connectivity index (χ0) is 20.5. The van der Waals surface area contributed by atoms with Crippen LogP contribution in [0, 0.1) is 17.8 Å². The summed E-state index contributed by atoms with van der Waals surface area (Å²) in [5.74, 6) is 1.37. The lowest BCUT2D eigenvalue weighted by Gasteiger charge is -2.45. The number of amides is 1. The number of allylic oxidation sites excluding steroid dienone is 4. The zero-order valence-corrected chi connectivity index (χ0v) is 19.0. The van der Waals surface area contributed by atoms with Crippen LogP contribution < -0.4 is 5.32 Å². The van der Waals surface area contributed by atoms with Gasteiger partial charge in [0.1, 0.15) is 0 Å². The van der Waals surface area contributed by atoms with Gasteiger partial charge in [0.05, 0.1) is 6.04 Å². The van der Waals surface area contributed by atoms with Crippen LogP contribution in [0.25, 0.3) is 0 Å². The number of carbonyl (C=O) groups excluding carboxylic acids is 1. The number of hydrogen-bond donors (Lipinski definition) is 1.